The smallest absolute Gasteiger partial charge is 0.344 e. The van der Waals surface area contributed by atoms with E-state index in [1.807, 2.05) is 0 Å². The first-order chi connectivity index (χ1) is 16.3. The van der Waals surface area contributed by atoms with Crippen molar-refractivity contribution in [2.75, 3.05) is 0 Å². The van der Waals surface area contributed by atoms with E-state index in [1.165, 1.54) is 13.8 Å². The minimum absolute atomic E-state index is 0.0215. The van der Waals surface area contributed by atoms with Crippen molar-refractivity contribution in [3.8, 4) is 0 Å². The molecule has 0 heterocycles. The van der Waals surface area contributed by atoms with Crippen LogP contribution < -0.4 is 10.6 Å². The Kier molecular flexibility index (Phi) is 10.4. The lowest BCUT2D eigenvalue weighted by atomic mass is 9.98. The molecule has 2 aromatic carbocycles. The lowest BCUT2D eigenvalue weighted by Gasteiger charge is -2.26. The van der Waals surface area contributed by atoms with E-state index >= 15 is 0 Å². The fourth-order valence-corrected chi connectivity index (χ4v) is 3.83. The molecule has 2 rings (SSSR count). The van der Waals surface area contributed by atoms with Crippen LogP contribution in [0.5, 0.6) is 0 Å². The van der Waals surface area contributed by atoms with Crippen molar-refractivity contribution < 1.29 is 27.6 Å². The molecule has 0 aliphatic heterocycles. The normalized spacial score (nSPS) is 13.3. The number of carbonyl (C=O) groups excluding carboxylic acids is 3. The number of carbonyl (C=O) groups is 3. The molecule has 11 heteroatoms. The van der Waals surface area contributed by atoms with Gasteiger partial charge in [-0.3, -0.25) is 14.4 Å². The Bertz CT molecular complexity index is 1080. The summed E-state index contributed by atoms with van der Waals surface area (Å²) >= 11 is 17.9. The first-order valence-electron chi connectivity index (χ1n) is 10.7. The van der Waals surface area contributed by atoms with Crippen LogP contribution >= 0.6 is 34.8 Å². The SMILES string of the molecule is CC(C)C(NC(=O)C(Cc1cccc(Cl)c1)NC(=O)CCc1ccc(Cl)c(Cl)c1)C(=O)C(F)(F)F. The van der Waals surface area contributed by atoms with Crippen molar-refractivity contribution in [3.05, 3.63) is 68.7 Å². The summed E-state index contributed by atoms with van der Waals surface area (Å²) < 4.78 is 39.1. The van der Waals surface area contributed by atoms with Crippen LogP contribution in [0, 0.1) is 5.92 Å². The number of hydrogen-bond donors (Lipinski definition) is 2. The van der Waals surface area contributed by atoms with Crippen LogP contribution in [0.25, 0.3) is 0 Å². The van der Waals surface area contributed by atoms with Crippen molar-refractivity contribution in [2.45, 2.75) is 51.4 Å². The van der Waals surface area contributed by atoms with Crippen LogP contribution in [0.15, 0.2) is 42.5 Å². The van der Waals surface area contributed by atoms with Gasteiger partial charge in [-0.15, -0.1) is 0 Å². The molecule has 0 spiro atoms. The van der Waals surface area contributed by atoms with Gasteiger partial charge in [-0.1, -0.05) is 66.8 Å². The summed E-state index contributed by atoms with van der Waals surface area (Å²) in [4.78, 5) is 37.4. The second kappa shape index (κ2) is 12.6. The molecule has 5 nitrogen and oxygen atoms in total. The summed E-state index contributed by atoms with van der Waals surface area (Å²) in [6.45, 7) is 2.77. The van der Waals surface area contributed by atoms with Gasteiger partial charge in [0.15, 0.2) is 0 Å². The highest BCUT2D eigenvalue weighted by molar-refractivity contribution is 6.42. The number of aryl methyl sites for hydroxylation is 1. The van der Waals surface area contributed by atoms with Crippen LogP contribution in [0.1, 0.15) is 31.4 Å². The maximum Gasteiger partial charge on any atom is 0.452 e. The highest BCUT2D eigenvalue weighted by atomic mass is 35.5. The molecular formula is C24H24Cl3F3N2O3. The molecule has 2 unspecified atom stereocenters. The van der Waals surface area contributed by atoms with Gasteiger partial charge in [-0.2, -0.15) is 13.2 Å². The number of rotatable bonds is 10. The van der Waals surface area contributed by atoms with Crippen LogP contribution in [-0.4, -0.2) is 35.9 Å². The summed E-state index contributed by atoms with van der Waals surface area (Å²) in [6, 6.07) is 8.37. The molecule has 0 aliphatic carbocycles. The third-order valence-electron chi connectivity index (χ3n) is 5.13. The van der Waals surface area contributed by atoms with Crippen LogP contribution in [0.2, 0.25) is 15.1 Å². The predicted molar refractivity (Wildman–Crippen MR) is 130 cm³/mol. The quantitative estimate of drug-likeness (QED) is 0.405. The van der Waals surface area contributed by atoms with Gasteiger partial charge in [-0.05, 0) is 47.7 Å². The number of ketones is 1. The second-order valence-electron chi connectivity index (χ2n) is 8.29. The first-order valence-corrected chi connectivity index (χ1v) is 11.8. The zero-order chi connectivity index (χ0) is 26.3. The Morgan fingerprint density at radius 2 is 1.60 bits per heavy atom. The van der Waals surface area contributed by atoms with Crippen molar-refractivity contribution in [2.24, 2.45) is 5.92 Å². The Balaban J connectivity index is 2.18. The summed E-state index contributed by atoms with van der Waals surface area (Å²) in [5.41, 5.74) is 1.31. The molecule has 0 saturated heterocycles. The molecule has 0 aliphatic rings. The average Bonchev–Trinajstić information content (AvgIpc) is 2.76. The second-order valence-corrected chi connectivity index (χ2v) is 9.55. The van der Waals surface area contributed by atoms with Crippen LogP contribution in [0.4, 0.5) is 13.2 Å². The molecule has 2 amide bonds. The molecule has 0 saturated carbocycles. The number of benzene rings is 2. The summed E-state index contributed by atoms with van der Waals surface area (Å²) in [5.74, 6) is -4.32. The van der Waals surface area contributed by atoms with Crippen molar-refractivity contribution in [1.29, 1.82) is 0 Å². The molecule has 2 N–H and O–H groups in total. The van der Waals surface area contributed by atoms with E-state index < -0.39 is 41.8 Å². The molecule has 0 bridgehead atoms. The van der Waals surface area contributed by atoms with Gasteiger partial charge >= 0.3 is 6.18 Å². The Hall–Kier alpha value is -2.29. The molecule has 2 atom stereocenters. The van der Waals surface area contributed by atoms with Gasteiger partial charge < -0.3 is 10.6 Å². The monoisotopic (exact) mass is 550 g/mol. The lowest BCUT2D eigenvalue weighted by Crippen LogP contribution is -2.56. The number of halogens is 6. The largest absolute Gasteiger partial charge is 0.452 e. The van der Waals surface area contributed by atoms with E-state index in [-0.39, 0.29) is 19.3 Å². The average molecular weight is 552 g/mol. The number of Topliss-reactive ketones (excluding diaryl/α,β-unsaturated/α-hetero) is 1. The van der Waals surface area contributed by atoms with Gasteiger partial charge in [0.05, 0.1) is 16.1 Å². The summed E-state index contributed by atoms with van der Waals surface area (Å²) in [7, 11) is 0. The topological polar surface area (TPSA) is 75.3 Å². The molecular weight excluding hydrogens is 528 g/mol. The predicted octanol–water partition coefficient (Wildman–Crippen LogP) is 5.58. The minimum atomic E-state index is -5.12. The third-order valence-corrected chi connectivity index (χ3v) is 6.11. The van der Waals surface area contributed by atoms with E-state index in [2.05, 4.69) is 10.6 Å². The first kappa shape index (κ1) is 28.9. The number of nitrogens with one attached hydrogen (secondary N) is 2. The van der Waals surface area contributed by atoms with Gasteiger partial charge in [0, 0.05) is 17.9 Å². The van der Waals surface area contributed by atoms with Gasteiger partial charge in [-0.25, -0.2) is 0 Å². The molecule has 0 aromatic heterocycles. The van der Waals surface area contributed by atoms with Gasteiger partial charge in [0.1, 0.15) is 6.04 Å². The Morgan fingerprint density at radius 3 is 2.17 bits per heavy atom. The van der Waals surface area contributed by atoms with Crippen LogP contribution in [-0.2, 0) is 27.2 Å². The van der Waals surface area contributed by atoms with E-state index in [9.17, 15) is 27.6 Å². The van der Waals surface area contributed by atoms with E-state index in [0.29, 0.717) is 20.6 Å². The number of alkyl halides is 3. The third kappa shape index (κ3) is 9.02. The standard InChI is InChI=1S/C24H24Cl3F3N2O3/c1-13(2)21(22(34)24(28,29)30)32-23(35)19(12-15-4-3-5-16(25)10-15)31-20(33)9-7-14-6-8-17(26)18(27)11-14/h3-6,8,10-11,13,19,21H,7,9,12H2,1-2H3,(H,31,33)(H,32,35). The summed E-state index contributed by atoms with van der Waals surface area (Å²) in [6.07, 6.45) is -4.90. The lowest BCUT2D eigenvalue weighted by molar-refractivity contribution is -0.175. The van der Waals surface area contributed by atoms with Gasteiger partial charge in [0.2, 0.25) is 11.8 Å². The molecule has 0 radical (unpaired) electrons. The summed E-state index contributed by atoms with van der Waals surface area (Å²) in [5, 5.41) is 5.81. The van der Waals surface area contributed by atoms with E-state index in [0.717, 1.165) is 5.56 Å². The van der Waals surface area contributed by atoms with Crippen LogP contribution in [0.3, 0.4) is 0 Å². The Labute approximate surface area is 216 Å². The molecule has 2 aromatic rings. The highest BCUT2D eigenvalue weighted by Crippen LogP contribution is 2.23. The molecule has 35 heavy (non-hydrogen) atoms. The Morgan fingerprint density at radius 1 is 0.914 bits per heavy atom. The van der Waals surface area contributed by atoms with Crippen molar-refractivity contribution in [1.82, 2.24) is 10.6 Å². The maximum atomic E-state index is 13.0. The zero-order valence-corrected chi connectivity index (χ0v) is 21.2. The highest BCUT2D eigenvalue weighted by Gasteiger charge is 2.45. The minimum Gasteiger partial charge on any atom is -0.344 e. The fraction of sp³-hybridized carbons (Fsp3) is 0.375. The number of hydrogen-bond acceptors (Lipinski definition) is 3. The van der Waals surface area contributed by atoms with E-state index in [4.69, 9.17) is 34.8 Å². The molecule has 0 fully saturated rings. The van der Waals surface area contributed by atoms with Crippen molar-refractivity contribution in [3.63, 3.8) is 0 Å². The fourth-order valence-electron chi connectivity index (χ4n) is 3.29. The van der Waals surface area contributed by atoms with Crippen molar-refractivity contribution >= 4 is 52.4 Å². The maximum absolute atomic E-state index is 13.0. The zero-order valence-electron chi connectivity index (χ0n) is 18.9. The number of amides is 2. The molecule has 190 valence electrons. The van der Waals surface area contributed by atoms with E-state index in [1.54, 1.807) is 42.5 Å². The van der Waals surface area contributed by atoms with Gasteiger partial charge in [0.25, 0.3) is 5.78 Å².